The van der Waals surface area contributed by atoms with Crippen molar-refractivity contribution >= 4 is 88.2 Å². The number of terminal acetylenes is 3. The number of carbonyl (C=O) groups excluding carboxylic acids is 1. The third kappa shape index (κ3) is 35.7. The Morgan fingerprint density at radius 1 is 0.536 bits per heavy atom. The minimum absolute atomic E-state index is 0.0360. The predicted octanol–water partition coefficient (Wildman–Crippen LogP) is 24.3. The molecule has 0 bridgehead atoms. The van der Waals surface area contributed by atoms with Crippen molar-refractivity contribution in [3.05, 3.63) is 205 Å². The minimum Gasteiger partial charge on any atom is -0.458 e. The maximum Gasteiger partial charge on any atom is 0.330 e. The predicted molar refractivity (Wildman–Crippen MR) is 484 cm³/mol. The maximum absolute atomic E-state index is 10.8. The summed E-state index contributed by atoms with van der Waals surface area (Å²) >= 11 is 6.41. The van der Waals surface area contributed by atoms with Gasteiger partial charge in [0.1, 0.15) is 39.1 Å². The molecule has 0 saturated carbocycles. The van der Waals surface area contributed by atoms with Gasteiger partial charge < -0.3 is 23.4 Å². The topological polar surface area (TPSA) is 197 Å². The van der Waals surface area contributed by atoms with Gasteiger partial charge in [0.15, 0.2) is 11.6 Å². The van der Waals surface area contributed by atoms with Crippen LogP contribution >= 0.6 is 45.7 Å². The molecule has 10 rings (SSSR count). The molecule has 2 N–H and O–H groups in total. The first-order valence-corrected chi connectivity index (χ1v) is 40.5. The summed E-state index contributed by atoms with van der Waals surface area (Å²) < 4.78 is 22.5. The highest BCUT2D eigenvalue weighted by Crippen LogP contribution is 2.32. The van der Waals surface area contributed by atoms with E-state index in [-0.39, 0.29) is 66.2 Å². The molecule has 0 saturated heterocycles. The van der Waals surface area contributed by atoms with Gasteiger partial charge in [0.2, 0.25) is 0 Å². The Morgan fingerprint density at radius 2 is 1.09 bits per heavy atom. The van der Waals surface area contributed by atoms with Gasteiger partial charge in [0.25, 0.3) is 0 Å². The van der Waals surface area contributed by atoms with Crippen molar-refractivity contribution in [1.82, 2.24) is 63.1 Å². The lowest BCUT2D eigenvalue weighted by molar-refractivity contribution is -0.149. The fraction of sp³-hybridized carbons (Fsp3) is 0.478. The number of carbonyl (C=O) groups is 1. The first-order valence-electron chi connectivity index (χ1n) is 37.2. The molecule has 9 aromatic heterocycles. The van der Waals surface area contributed by atoms with Crippen LogP contribution in [0, 0.1) is 42.4 Å². The fourth-order valence-electron chi connectivity index (χ4n) is 8.67. The van der Waals surface area contributed by atoms with E-state index in [2.05, 4.69) is 342 Å². The molecule has 1 atom stereocenters. The highest BCUT2D eigenvalue weighted by Gasteiger charge is 2.29. The third-order valence-corrected chi connectivity index (χ3v) is 20.2. The van der Waals surface area contributed by atoms with E-state index in [0.717, 1.165) is 79.1 Å². The average molecular weight is 1600 g/mol. The van der Waals surface area contributed by atoms with Gasteiger partial charge in [-0.1, -0.05) is 264 Å². The van der Waals surface area contributed by atoms with E-state index in [9.17, 15) is 4.79 Å². The zero-order valence-corrected chi connectivity index (χ0v) is 77.1. The number of hydrogen-bond acceptors (Lipinski definition) is 16. The standard InChI is InChI=1S/C10H16N2.C10H14N2.2C9H12N2.C9H13NO.4C9H13NS.C9H14O2/c2*1-6-9-11-8(7-12(9)5)10(2,3)4;1-5-8-10-6-7(11-8)9(2,3)4;1-5-8-7(6-10-11-8)9(2,3)4;1-5-7-6-8(11-10-7)9(2,3)4;1-5-8-10-7(6-11-8)9(2,3)4;1-5-8-10-6-7(11-8)9(2,3)4;1-5-8-7(6-11-10-8)9(2,3)4;1-5-7-6-8(11-10-7)9(2,3)4;1-9(2,3)7-5-4-6-8(10)11-7/h6-7H,1H2,2-5H3;1,7H,2-5H3;2*1,6H,2-4H3,(H,10,11);5*5-6H,1H2,2-4H3;4,6-7H,5H2,1-3H3. The number of nitrogens with zero attached hydrogens (tertiary/aromatic N) is 11. The summed E-state index contributed by atoms with van der Waals surface area (Å²) in [4.78, 5) is 37.9. The van der Waals surface area contributed by atoms with E-state index in [4.69, 9.17) is 28.5 Å². The number of rotatable bonds is 6. The van der Waals surface area contributed by atoms with Crippen LogP contribution in [0.25, 0.3) is 36.5 Å². The summed E-state index contributed by atoms with van der Waals surface area (Å²) in [6, 6.07) is 4.00. The third-order valence-electron chi connectivity index (χ3n) is 16.0. The van der Waals surface area contributed by atoms with Gasteiger partial charge in [0.05, 0.1) is 34.7 Å². The number of ether oxygens (including phenoxy) is 1. The van der Waals surface area contributed by atoms with Gasteiger partial charge in [-0.2, -0.15) is 13.8 Å². The number of aryl methyl sites for hydroxylation is 2. The van der Waals surface area contributed by atoms with E-state index in [1.807, 2.05) is 53.8 Å². The molecule has 10 heterocycles. The first kappa shape index (κ1) is 101. The molecule has 20 heteroatoms. The fourth-order valence-corrected chi connectivity index (χ4v) is 12.1. The minimum atomic E-state index is -0.212. The molecule has 0 radical (unpaired) electrons. The Labute approximate surface area is 691 Å². The second-order valence-electron chi connectivity index (χ2n) is 36.8. The van der Waals surface area contributed by atoms with Crippen molar-refractivity contribution < 1.29 is 14.1 Å². The van der Waals surface area contributed by atoms with Crippen LogP contribution in [0.2, 0.25) is 0 Å². The Kier molecular flexibility index (Phi) is 39.0. The highest BCUT2D eigenvalue weighted by atomic mass is 32.1. The van der Waals surface area contributed by atoms with E-state index in [1.165, 1.54) is 32.9 Å². The second-order valence-corrected chi connectivity index (χ2v) is 40.2. The SMILES string of the molecule is C#Cc1[nH]ncc1C(C)(C)C.C#Cc1nc(C(C)(C)C)cn1C.C#Cc1ncc(C(C)(C)C)[nH]1.C=Cc1cc(C(C)(C)C)on1.C=Cc1cc(C(C)(C)C)sn1.C=Cc1nc(C(C)(C)C)cn1C.C=Cc1nc(C(C)(C)C)cs1.C=Cc1ncc(C(C)(C)C)s1.C=Cc1nscc1C(C)(C)C.CC(C)(C)C1CC=CC(=O)O1. The Balaban J connectivity index is 0.000000622. The number of thiazole rings is 2. The van der Waals surface area contributed by atoms with Crippen molar-refractivity contribution in [3.63, 3.8) is 0 Å². The number of hydrogen-bond donors (Lipinski definition) is 2. The van der Waals surface area contributed by atoms with Crippen LogP contribution in [0.4, 0.5) is 0 Å². The second kappa shape index (κ2) is 43.2. The smallest absolute Gasteiger partial charge is 0.330 e. The van der Waals surface area contributed by atoms with Gasteiger partial charge in [-0.15, -0.1) is 41.9 Å². The molecule has 1 aliphatic rings. The van der Waals surface area contributed by atoms with E-state index in [0.29, 0.717) is 11.6 Å². The van der Waals surface area contributed by atoms with Crippen molar-refractivity contribution in [2.45, 2.75) is 269 Å². The van der Waals surface area contributed by atoms with Gasteiger partial charge in [-0.3, -0.25) is 5.10 Å². The van der Waals surface area contributed by atoms with Gasteiger partial charge in [0, 0.05) is 116 Å². The van der Waals surface area contributed by atoms with E-state index < -0.39 is 0 Å². The van der Waals surface area contributed by atoms with Gasteiger partial charge in [-0.25, -0.2) is 29.7 Å². The summed E-state index contributed by atoms with van der Waals surface area (Å²) in [5.74, 6) is 10.5. The van der Waals surface area contributed by atoms with Gasteiger partial charge in [-0.05, 0) is 110 Å². The molecule has 0 aromatic carbocycles. The molecule has 0 amide bonds. The van der Waals surface area contributed by atoms with Crippen molar-refractivity contribution in [3.8, 4) is 37.0 Å². The van der Waals surface area contributed by atoms with Crippen LogP contribution in [-0.4, -0.2) is 75.2 Å². The molecule has 0 fully saturated rings. The van der Waals surface area contributed by atoms with Crippen molar-refractivity contribution in [2.24, 2.45) is 19.5 Å². The van der Waals surface area contributed by atoms with E-state index in [1.54, 1.807) is 77.0 Å². The lowest BCUT2D eigenvalue weighted by Crippen LogP contribution is -2.32. The largest absolute Gasteiger partial charge is 0.458 e. The Bertz CT molecular complexity index is 4350. The molecule has 1 aliphatic heterocycles. The van der Waals surface area contributed by atoms with Crippen LogP contribution in [0.3, 0.4) is 0 Å². The van der Waals surface area contributed by atoms with Crippen LogP contribution in [0.1, 0.15) is 314 Å². The summed E-state index contributed by atoms with van der Waals surface area (Å²) in [5.41, 5.74) is 11.6. The quantitative estimate of drug-likeness (QED) is 0.118. The summed E-state index contributed by atoms with van der Waals surface area (Å²) in [6.45, 7) is 86.2. The van der Waals surface area contributed by atoms with Crippen LogP contribution in [0.5, 0.6) is 0 Å². The number of cyclic esters (lactones) is 1. The number of imidazole rings is 3. The average Bonchev–Trinajstić information content (AvgIpc) is 1.73. The maximum atomic E-state index is 10.8. The number of nitrogens with one attached hydrogen (secondary N) is 2. The lowest BCUT2D eigenvalue weighted by atomic mass is 9.86. The van der Waals surface area contributed by atoms with Crippen molar-refractivity contribution in [2.75, 3.05) is 0 Å². The molecule has 9 aromatic rings. The lowest BCUT2D eigenvalue weighted by Gasteiger charge is -2.30. The summed E-state index contributed by atoms with van der Waals surface area (Å²) in [7, 11) is 3.90. The zero-order valence-electron chi connectivity index (χ0n) is 73.9. The molecule has 0 aliphatic carbocycles. The number of esters is 1. The molecular weight excluding hydrogens is 1460 g/mol. The van der Waals surface area contributed by atoms with E-state index >= 15 is 0 Å². The first-order chi connectivity index (χ1) is 51.2. The Morgan fingerprint density at radius 3 is 1.38 bits per heavy atom. The molecule has 608 valence electrons. The number of aromatic nitrogens is 13. The van der Waals surface area contributed by atoms with Crippen molar-refractivity contribution in [1.29, 1.82) is 0 Å². The number of H-pyrrole nitrogens is 2. The van der Waals surface area contributed by atoms with Gasteiger partial charge >= 0.3 is 5.97 Å². The normalized spacial score (nSPS) is 12.8. The molecule has 16 nitrogen and oxygen atoms in total. The summed E-state index contributed by atoms with van der Waals surface area (Å²) in [5, 5.41) is 16.7. The monoisotopic (exact) mass is 1600 g/mol. The highest BCUT2D eigenvalue weighted by molar-refractivity contribution is 7.12. The Hall–Kier alpha value is -9.10. The molecule has 112 heavy (non-hydrogen) atoms. The summed E-state index contributed by atoms with van der Waals surface area (Å²) in [6.07, 6.45) is 40.1. The van der Waals surface area contributed by atoms with Crippen LogP contribution in [0.15, 0.2) is 110 Å². The molecular formula is C92H133N13O3S4. The van der Waals surface area contributed by atoms with Crippen LogP contribution in [-0.2, 0) is 72.4 Å². The number of aromatic amines is 2. The zero-order chi connectivity index (χ0) is 86.6. The molecule has 1 unspecified atom stereocenters. The van der Waals surface area contributed by atoms with Crippen LogP contribution < -0.4 is 0 Å². The molecule has 0 spiro atoms.